The van der Waals surface area contributed by atoms with Crippen molar-refractivity contribution in [2.24, 2.45) is 7.05 Å². The van der Waals surface area contributed by atoms with E-state index in [1.807, 2.05) is 13.1 Å². The number of hydrogen-bond acceptors (Lipinski definition) is 4. The topological polar surface area (TPSA) is 73.2 Å². The molecule has 0 aliphatic heterocycles. The molecular weight excluding hydrogens is 282 g/mol. The van der Waals surface area contributed by atoms with Gasteiger partial charge in [0.15, 0.2) is 0 Å². The molecule has 0 radical (unpaired) electrons. The Hall–Kier alpha value is -1.85. The van der Waals surface area contributed by atoms with Crippen LogP contribution in [-0.4, -0.2) is 34.3 Å². The highest BCUT2D eigenvalue weighted by atomic mass is 16.5. The lowest BCUT2D eigenvalue weighted by molar-refractivity contribution is -0.151. The summed E-state index contributed by atoms with van der Waals surface area (Å²) in [6.45, 7) is 0. The Morgan fingerprint density at radius 1 is 1.32 bits per heavy atom. The summed E-state index contributed by atoms with van der Waals surface area (Å²) in [6, 6.07) is 1.90. The Labute approximate surface area is 131 Å². The monoisotopic (exact) mass is 307 g/mol. The van der Waals surface area contributed by atoms with Crippen LogP contribution in [0.4, 0.5) is 0 Å². The van der Waals surface area contributed by atoms with Crippen molar-refractivity contribution in [2.75, 3.05) is 7.11 Å². The molecule has 0 bridgehead atoms. The van der Waals surface area contributed by atoms with Gasteiger partial charge in [0.2, 0.25) is 5.91 Å². The standard InChI is InChI=1S/C16H25N3O3/c1-19-13(9-12-17-19)7-8-14(20)18-16(15(21)22-2)10-5-3-4-6-11-16/h9,12H,3-8,10-11H2,1-2H3,(H,18,20). The molecule has 22 heavy (non-hydrogen) atoms. The summed E-state index contributed by atoms with van der Waals surface area (Å²) >= 11 is 0. The maximum atomic E-state index is 12.3. The van der Waals surface area contributed by atoms with Crippen LogP contribution in [0.25, 0.3) is 0 Å². The number of aromatic nitrogens is 2. The van der Waals surface area contributed by atoms with Gasteiger partial charge in [0.25, 0.3) is 0 Å². The van der Waals surface area contributed by atoms with E-state index in [1.165, 1.54) is 7.11 Å². The van der Waals surface area contributed by atoms with Crippen LogP contribution in [0.2, 0.25) is 0 Å². The molecule has 1 aliphatic carbocycles. The van der Waals surface area contributed by atoms with E-state index in [-0.39, 0.29) is 11.9 Å². The van der Waals surface area contributed by atoms with Gasteiger partial charge in [-0.25, -0.2) is 4.79 Å². The Bertz CT molecular complexity index is 516. The normalized spacial score (nSPS) is 17.5. The first-order valence-corrected chi connectivity index (χ1v) is 7.94. The molecule has 2 rings (SSSR count). The van der Waals surface area contributed by atoms with Crippen molar-refractivity contribution >= 4 is 11.9 Å². The van der Waals surface area contributed by atoms with Crippen molar-refractivity contribution in [1.29, 1.82) is 0 Å². The fraction of sp³-hybridized carbons (Fsp3) is 0.688. The summed E-state index contributed by atoms with van der Waals surface area (Å²) in [5.74, 6) is -0.420. The highest BCUT2D eigenvalue weighted by molar-refractivity contribution is 5.88. The van der Waals surface area contributed by atoms with E-state index in [2.05, 4.69) is 10.4 Å². The summed E-state index contributed by atoms with van der Waals surface area (Å²) in [5, 5.41) is 7.05. The molecular formula is C16H25N3O3. The molecule has 0 spiro atoms. The van der Waals surface area contributed by atoms with E-state index < -0.39 is 5.54 Å². The van der Waals surface area contributed by atoms with Gasteiger partial charge in [-0.05, 0) is 25.3 Å². The van der Waals surface area contributed by atoms with Gasteiger partial charge < -0.3 is 10.1 Å². The van der Waals surface area contributed by atoms with Gasteiger partial charge in [0.1, 0.15) is 5.54 Å². The number of ether oxygens (including phenoxy) is 1. The quantitative estimate of drug-likeness (QED) is 0.664. The van der Waals surface area contributed by atoms with Crippen LogP contribution in [0, 0.1) is 0 Å². The molecule has 1 fully saturated rings. The number of carbonyl (C=O) groups excluding carboxylic acids is 2. The lowest BCUT2D eigenvalue weighted by atomic mass is 9.90. The highest BCUT2D eigenvalue weighted by Gasteiger charge is 2.40. The molecule has 0 aromatic carbocycles. The van der Waals surface area contributed by atoms with Gasteiger partial charge in [-0.2, -0.15) is 5.10 Å². The minimum atomic E-state index is -0.838. The smallest absolute Gasteiger partial charge is 0.331 e. The van der Waals surface area contributed by atoms with E-state index in [4.69, 9.17) is 4.74 Å². The van der Waals surface area contributed by atoms with Crippen LogP contribution in [0.15, 0.2) is 12.3 Å². The van der Waals surface area contributed by atoms with E-state index in [9.17, 15) is 9.59 Å². The second kappa shape index (κ2) is 7.42. The lowest BCUT2D eigenvalue weighted by Crippen LogP contribution is -2.54. The van der Waals surface area contributed by atoms with Crippen molar-refractivity contribution < 1.29 is 14.3 Å². The number of hydrogen-bond donors (Lipinski definition) is 1. The molecule has 6 heteroatoms. The summed E-state index contributed by atoms with van der Waals surface area (Å²) in [7, 11) is 3.24. The summed E-state index contributed by atoms with van der Waals surface area (Å²) < 4.78 is 6.71. The number of rotatable bonds is 5. The lowest BCUT2D eigenvalue weighted by Gasteiger charge is -2.30. The van der Waals surface area contributed by atoms with Crippen molar-refractivity contribution in [3.05, 3.63) is 18.0 Å². The molecule has 1 N–H and O–H groups in total. The third-order valence-electron chi connectivity index (χ3n) is 4.44. The van der Waals surface area contributed by atoms with Crippen LogP contribution in [0.3, 0.4) is 0 Å². The van der Waals surface area contributed by atoms with Crippen LogP contribution in [0.5, 0.6) is 0 Å². The highest BCUT2D eigenvalue weighted by Crippen LogP contribution is 2.28. The number of esters is 1. The average molecular weight is 307 g/mol. The second-order valence-corrected chi connectivity index (χ2v) is 5.98. The number of methoxy groups -OCH3 is 1. The molecule has 1 aromatic heterocycles. The number of carbonyl (C=O) groups is 2. The van der Waals surface area contributed by atoms with Crippen molar-refractivity contribution in [2.45, 2.75) is 56.9 Å². The Kier molecular flexibility index (Phi) is 5.57. The van der Waals surface area contributed by atoms with E-state index in [0.29, 0.717) is 25.7 Å². The summed E-state index contributed by atoms with van der Waals surface area (Å²) in [6.07, 6.45) is 8.09. The average Bonchev–Trinajstić information content (AvgIpc) is 2.77. The first-order chi connectivity index (χ1) is 10.6. The first-order valence-electron chi connectivity index (χ1n) is 7.94. The first kappa shape index (κ1) is 16.5. The number of aryl methyl sites for hydroxylation is 2. The molecule has 0 unspecified atom stereocenters. The van der Waals surface area contributed by atoms with Gasteiger partial charge in [-0.15, -0.1) is 0 Å². The summed E-state index contributed by atoms with van der Waals surface area (Å²) in [5.41, 5.74) is 0.164. The van der Waals surface area contributed by atoms with Crippen molar-refractivity contribution in [3.8, 4) is 0 Å². The molecule has 1 amide bonds. The van der Waals surface area contributed by atoms with Gasteiger partial charge in [0, 0.05) is 25.4 Å². The molecule has 122 valence electrons. The van der Waals surface area contributed by atoms with Gasteiger partial charge in [0.05, 0.1) is 7.11 Å². The zero-order valence-corrected chi connectivity index (χ0v) is 13.4. The van der Waals surface area contributed by atoms with Crippen LogP contribution < -0.4 is 5.32 Å². The fourth-order valence-electron chi connectivity index (χ4n) is 3.13. The molecule has 1 aliphatic rings. The van der Waals surface area contributed by atoms with Gasteiger partial charge >= 0.3 is 5.97 Å². The SMILES string of the molecule is COC(=O)C1(NC(=O)CCc2ccnn2C)CCCCCC1. The maximum absolute atomic E-state index is 12.3. The Morgan fingerprint density at radius 2 is 2.00 bits per heavy atom. The molecule has 1 saturated carbocycles. The fourth-order valence-corrected chi connectivity index (χ4v) is 3.13. The molecule has 6 nitrogen and oxygen atoms in total. The van der Waals surface area contributed by atoms with E-state index in [1.54, 1.807) is 10.9 Å². The van der Waals surface area contributed by atoms with E-state index >= 15 is 0 Å². The summed E-state index contributed by atoms with van der Waals surface area (Å²) in [4.78, 5) is 24.5. The second-order valence-electron chi connectivity index (χ2n) is 5.98. The Morgan fingerprint density at radius 3 is 2.55 bits per heavy atom. The zero-order chi connectivity index (χ0) is 16.0. The minimum absolute atomic E-state index is 0.103. The van der Waals surface area contributed by atoms with Gasteiger partial charge in [-0.1, -0.05) is 25.7 Å². The zero-order valence-electron chi connectivity index (χ0n) is 13.4. The van der Waals surface area contributed by atoms with E-state index in [0.717, 1.165) is 31.4 Å². The minimum Gasteiger partial charge on any atom is -0.467 e. The van der Waals surface area contributed by atoms with Crippen LogP contribution >= 0.6 is 0 Å². The predicted octanol–water partition coefficient (Wildman–Crippen LogP) is 1.73. The molecule has 1 heterocycles. The van der Waals surface area contributed by atoms with Crippen molar-refractivity contribution in [3.63, 3.8) is 0 Å². The molecule has 0 atom stereocenters. The Balaban J connectivity index is 1.98. The molecule has 1 aromatic rings. The number of nitrogens with zero attached hydrogens (tertiary/aromatic N) is 2. The maximum Gasteiger partial charge on any atom is 0.331 e. The third-order valence-corrected chi connectivity index (χ3v) is 4.44. The van der Waals surface area contributed by atoms with Crippen LogP contribution in [0.1, 0.15) is 50.6 Å². The van der Waals surface area contributed by atoms with Gasteiger partial charge in [-0.3, -0.25) is 9.48 Å². The molecule has 0 saturated heterocycles. The third kappa shape index (κ3) is 3.87. The van der Waals surface area contributed by atoms with Crippen molar-refractivity contribution in [1.82, 2.24) is 15.1 Å². The number of nitrogens with one attached hydrogen (secondary N) is 1. The van der Waals surface area contributed by atoms with Crippen LogP contribution in [-0.2, 0) is 27.8 Å². The predicted molar refractivity (Wildman–Crippen MR) is 82.1 cm³/mol. The largest absolute Gasteiger partial charge is 0.467 e. The number of amides is 1.